The first-order chi connectivity index (χ1) is 8.60. The maximum absolute atomic E-state index is 11.1. The average Bonchev–Trinajstić information content (AvgIpc) is 2.26. The van der Waals surface area contributed by atoms with Crippen LogP contribution >= 0.6 is 0 Å². The molecule has 0 radical (unpaired) electrons. The summed E-state index contributed by atoms with van der Waals surface area (Å²) in [4.78, 5) is 17.9. The third-order valence-electron chi connectivity index (χ3n) is 3.10. The smallest absolute Gasteiger partial charge is 0.354 e. The van der Waals surface area contributed by atoms with E-state index in [4.69, 9.17) is 5.84 Å². The van der Waals surface area contributed by atoms with Crippen LogP contribution in [0.25, 0.3) is 0 Å². The van der Waals surface area contributed by atoms with Crippen LogP contribution in [0.15, 0.2) is 6.33 Å². The maximum Gasteiger partial charge on any atom is 0.354 e. The van der Waals surface area contributed by atoms with E-state index in [-0.39, 0.29) is 17.3 Å². The van der Waals surface area contributed by atoms with Gasteiger partial charge in [-0.05, 0) is 27.7 Å². The Labute approximate surface area is 110 Å². The van der Waals surface area contributed by atoms with Crippen molar-refractivity contribution in [3.63, 3.8) is 0 Å². The molecular formula is C10H18N6O3. The molecule has 9 heteroatoms. The van der Waals surface area contributed by atoms with Crippen LogP contribution in [0.5, 0.6) is 0 Å². The number of nitro groups is 1. The second-order valence-corrected chi connectivity index (χ2v) is 5.13. The summed E-state index contributed by atoms with van der Waals surface area (Å²) in [6.07, 6.45) is 1.14. The molecule has 0 unspecified atom stereocenters. The third kappa shape index (κ3) is 3.06. The molecule has 1 aromatic rings. The van der Waals surface area contributed by atoms with E-state index < -0.39 is 16.1 Å². The van der Waals surface area contributed by atoms with Gasteiger partial charge in [-0.15, -0.1) is 0 Å². The number of hydrogen-bond acceptors (Lipinski definition) is 8. The highest BCUT2D eigenvalue weighted by Gasteiger charge is 2.37. The lowest BCUT2D eigenvalue weighted by molar-refractivity contribution is -0.383. The molecule has 19 heavy (non-hydrogen) atoms. The van der Waals surface area contributed by atoms with E-state index in [0.717, 1.165) is 6.33 Å². The molecule has 9 nitrogen and oxygen atoms in total. The van der Waals surface area contributed by atoms with E-state index >= 15 is 0 Å². The van der Waals surface area contributed by atoms with Crippen molar-refractivity contribution in [1.29, 1.82) is 0 Å². The zero-order valence-corrected chi connectivity index (χ0v) is 11.3. The average molecular weight is 270 g/mol. The van der Waals surface area contributed by atoms with Crippen LogP contribution in [-0.2, 0) is 0 Å². The molecule has 1 heterocycles. The molecule has 0 amide bonds. The van der Waals surface area contributed by atoms with Gasteiger partial charge < -0.3 is 15.8 Å². The first-order valence-electron chi connectivity index (χ1n) is 5.56. The van der Waals surface area contributed by atoms with Gasteiger partial charge >= 0.3 is 5.69 Å². The molecule has 0 fully saturated rings. The molecule has 0 aromatic carbocycles. The highest BCUT2D eigenvalue weighted by atomic mass is 16.6. The molecule has 0 spiro atoms. The summed E-state index contributed by atoms with van der Waals surface area (Å²) >= 11 is 0. The van der Waals surface area contributed by atoms with Crippen LogP contribution in [0, 0.1) is 10.1 Å². The third-order valence-corrected chi connectivity index (χ3v) is 3.10. The van der Waals surface area contributed by atoms with Gasteiger partial charge in [0.1, 0.15) is 6.33 Å². The van der Waals surface area contributed by atoms with Gasteiger partial charge in [-0.3, -0.25) is 10.1 Å². The minimum absolute atomic E-state index is 0.0138. The SMILES string of the molecule is CC(C)(O)C(C)(C)Nc1ncnc(NN)c1[N+](=O)[O-]. The van der Waals surface area contributed by atoms with E-state index in [1.165, 1.54) is 0 Å². The molecule has 0 saturated heterocycles. The number of hydrogen-bond donors (Lipinski definition) is 4. The monoisotopic (exact) mass is 270 g/mol. The lowest BCUT2D eigenvalue weighted by Crippen LogP contribution is -2.51. The zero-order valence-electron chi connectivity index (χ0n) is 11.3. The summed E-state index contributed by atoms with van der Waals surface area (Å²) in [7, 11) is 0. The highest BCUT2D eigenvalue weighted by Crippen LogP contribution is 2.33. The van der Waals surface area contributed by atoms with Crippen molar-refractivity contribution in [3.8, 4) is 0 Å². The Bertz CT molecular complexity index is 483. The number of rotatable bonds is 5. The Kier molecular flexibility index (Phi) is 3.91. The zero-order chi connectivity index (χ0) is 14.8. The number of nitrogens with zero attached hydrogens (tertiary/aromatic N) is 3. The second-order valence-electron chi connectivity index (χ2n) is 5.13. The molecule has 106 valence electrons. The summed E-state index contributed by atoms with van der Waals surface area (Å²) in [6, 6.07) is 0. The largest absolute Gasteiger partial charge is 0.388 e. The van der Waals surface area contributed by atoms with E-state index in [0.29, 0.717) is 0 Å². The number of nitrogens with two attached hydrogens (primary N) is 1. The number of nitrogen functional groups attached to an aromatic ring is 1. The van der Waals surface area contributed by atoms with Gasteiger partial charge in [0.15, 0.2) is 0 Å². The van der Waals surface area contributed by atoms with E-state index in [1.54, 1.807) is 27.7 Å². The number of aliphatic hydroxyl groups is 1. The first kappa shape index (κ1) is 15.1. The van der Waals surface area contributed by atoms with Crippen LogP contribution in [0.3, 0.4) is 0 Å². The summed E-state index contributed by atoms with van der Waals surface area (Å²) in [5.41, 5.74) is -0.198. The van der Waals surface area contributed by atoms with E-state index in [2.05, 4.69) is 20.7 Å². The predicted octanol–water partition coefficient (Wildman–Crippen LogP) is 0.632. The van der Waals surface area contributed by atoms with Crippen molar-refractivity contribution in [3.05, 3.63) is 16.4 Å². The lowest BCUT2D eigenvalue weighted by Gasteiger charge is -2.38. The molecule has 1 rings (SSSR count). The van der Waals surface area contributed by atoms with E-state index in [1.807, 2.05) is 0 Å². The quantitative estimate of drug-likeness (QED) is 0.347. The fourth-order valence-corrected chi connectivity index (χ4v) is 1.20. The number of anilines is 2. The summed E-state index contributed by atoms with van der Waals surface area (Å²) < 4.78 is 0. The van der Waals surface area contributed by atoms with Gasteiger partial charge in [-0.2, -0.15) is 0 Å². The van der Waals surface area contributed by atoms with Crippen LogP contribution in [0.2, 0.25) is 0 Å². The Balaban J connectivity index is 3.26. The number of aromatic nitrogens is 2. The minimum Gasteiger partial charge on any atom is -0.388 e. The first-order valence-corrected chi connectivity index (χ1v) is 5.56. The van der Waals surface area contributed by atoms with Gasteiger partial charge in [0.25, 0.3) is 0 Å². The van der Waals surface area contributed by atoms with Gasteiger partial charge in [-0.25, -0.2) is 15.8 Å². The van der Waals surface area contributed by atoms with Crippen LogP contribution in [0.1, 0.15) is 27.7 Å². The molecule has 0 aliphatic heterocycles. The van der Waals surface area contributed by atoms with Gasteiger partial charge in [0.05, 0.1) is 16.1 Å². The van der Waals surface area contributed by atoms with Crippen molar-refractivity contribution in [2.45, 2.75) is 38.8 Å². The van der Waals surface area contributed by atoms with Gasteiger partial charge in [-0.1, -0.05) is 0 Å². The molecule has 0 aliphatic carbocycles. The molecule has 0 bridgehead atoms. The highest BCUT2D eigenvalue weighted by molar-refractivity contribution is 5.69. The van der Waals surface area contributed by atoms with Crippen molar-refractivity contribution >= 4 is 17.3 Å². The molecular weight excluding hydrogens is 252 g/mol. The molecule has 5 N–H and O–H groups in total. The molecule has 0 saturated carbocycles. The second kappa shape index (κ2) is 4.94. The Morgan fingerprint density at radius 1 is 1.32 bits per heavy atom. The van der Waals surface area contributed by atoms with E-state index in [9.17, 15) is 15.2 Å². The molecule has 0 atom stereocenters. The Morgan fingerprint density at radius 3 is 2.26 bits per heavy atom. The molecule has 0 aliphatic rings. The van der Waals surface area contributed by atoms with Crippen molar-refractivity contribution in [2.75, 3.05) is 10.7 Å². The van der Waals surface area contributed by atoms with Gasteiger partial charge in [0.2, 0.25) is 11.6 Å². The van der Waals surface area contributed by atoms with Crippen LogP contribution < -0.4 is 16.6 Å². The fraction of sp³-hybridized carbons (Fsp3) is 0.600. The predicted molar refractivity (Wildman–Crippen MR) is 70.5 cm³/mol. The summed E-state index contributed by atoms with van der Waals surface area (Å²) in [5.74, 6) is 5.07. The number of hydrazine groups is 1. The molecule has 1 aromatic heterocycles. The summed E-state index contributed by atoms with van der Waals surface area (Å²) in [6.45, 7) is 6.59. The van der Waals surface area contributed by atoms with Crippen molar-refractivity contribution in [1.82, 2.24) is 9.97 Å². The maximum atomic E-state index is 11.1. The normalized spacial score (nSPS) is 12.1. The standard InChI is InChI=1S/C10H18N6O3/c1-9(2,10(3,4)17)14-7-6(16(18)19)8(15-11)13-5-12-7/h5,17H,11H2,1-4H3,(H2,12,13,14,15). The minimum atomic E-state index is -1.12. The summed E-state index contributed by atoms with van der Waals surface area (Å²) in [5, 5.41) is 24.0. The topological polar surface area (TPSA) is 139 Å². The fourth-order valence-electron chi connectivity index (χ4n) is 1.20. The number of nitrogens with one attached hydrogen (secondary N) is 2. The van der Waals surface area contributed by atoms with Crippen LogP contribution in [-0.4, -0.2) is 31.1 Å². The van der Waals surface area contributed by atoms with Crippen molar-refractivity contribution in [2.24, 2.45) is 5.84 Å². The lowest BCUT2D eigenvalue weighted by atomic mass is 9.86. The van der Waals surface area contributed by atoms with Crippen LogP contribution in [0.4, 0.5) is 17.3 Å². The van der Waals surface area contributed by atoms with Crippen molar-refractivity contribution < 1.29 is 10.0 Å². The Hall–Kier alpha value is -2.00. The Morgan fingerprint density at radius 2 is 1.84 bits per heavy atom. The van der Waals surface area contributed by atoms with Gasteiger partial charge in [0, 0.05) is 0 Å².